The van der Waals surface area contributed by atoms with Gasteiger partial charge in [-0.05, 0) is 0 Å². The van der Waals surface area contributed by atoms with E-state index in [1.165, 1.54) is 4.41 Å². The van der Waals surface area contributed by atoms with E-state index in [4.69, 9.17) is 0 Å². The normalized spacial score (nSPS) is 15.3. The SMILES string of the molecule is C[Si](C)(C)C#C/[C]([Ge])=C(/[Si]([Si](C)(C)C)[Si](C)(C)[Si](C)(C)[Si]([Si](C)(C)C)[Si](C)(C)C)[Si](C)(C)C.C[Si](C)C. The van der Waals surface area contributed by atoms with Crippen LogP contribution in [0.2, 0.25) is 144 Å². The molecule has 214 valence electrons. The molecule has 0 spiro atoms. The van der Waals surface area contributed by atoms with Crippen molar-refractivity contribution in [2.45, 2.75) is 144 Å². The van der Waals surface area contributed by atoms with E-state index >= 15 is 0 Å². The molecule has 0 N–H and O–H groups in total. The van der Waals surface area contributed by atoms with Crippen molar-refractivity contribution >= 4 is 93.6 Å². The van der Waals surface area contributed by atoms with Crippen molar-refractivity contribution in [1.82, 2.24) is 0 Å². The second-order valence-corrected chi connectivity index (χ2v) is 99.0. The van der Waals surface area contributed by atoms with Crippen LogP contribution in [0.3, 0.4) is 0 Å². The summed E-state index contributed by atoms with van der Waals surface area (Å²) in [5, 5.41) is 0. The third kappa shape index (κ3) is 13.2. The minimum absolute atomic E-state index is 0.120. The maximum atomic E-state index is 3.83. The average Bonchev–Trinajstić information content (AvgIpc) is 2.50. The first-order valence-corrected chi connectivity index (χ1v) is 50.8. The first-order chi connectivity index (χ1) is 15.7. The molecule has 0 nitrogen and oxygen atoms in total. The van der Waals surface area contributed by atoms with Crippen molar-refractivity contribution < 1.29 is 0 Å². The van der Waals surface area contributed by atoms with E-state index in [0.29, 0.717) is 0 Å². The number of rotatable bonds is 8. The van der Waals surface area contributed by atoms with Gasteiger partial charge in [-0.25, -0.2) is 0 Å². The van der Waals surface area contributed by atoms with Crippen LogP contribution >= 0.6 is 0 Å². The number of allylic oxidation sites excluding steroid dienone is 1. The van der Waals surface area contributed by atoms with Gasteiger partial charge in [-0.1, -0.05) is 19.6 Å². The molecule has 37 heavy (non-hydrogen) atoms. The molecule has 0 unspecified atom stereocenters. The predicted molar refractivity (Wildman–Crippen MR) is 207 cm³/mol. The zero-order valence-corrected chi connectivity index (χ0v) is 41.6. The number of hydrogen-bond donors (Lipinski definition) is 0. The minimum Gasteiger partial charge on any atom is -0.0715 e. The molecule has 0 amide bonds. The summed E-state index contributed by atoms with van der Waals surface area (Å²) in [6.07, 6.45) is 0. The zero-order chi connectivity index (χ0) is 30.8. The van der Waals surface area contributed by atoms with Crippen molar-refractivity contribution in [2.75, 3.05) is 0 Å². The Morgan fingerprint density at radius 2 is 0.865 bits per heavy atom. The van der Waals surface area contributed by atoms with E-state index in [2.05, 4.69) is 172 Å². The molecule has 0 atom stereocenters. The Kier molecular flexibility index (Phi) is 15.6. The molecule has 0 heterocycles. The Morgan fingerprint density at radius 3 is 1.08 bits per heavy atom. The Morgan fingerprint density at radius 1 is 0.541 bits per heavy atom. The van der Waals surface area contributed by atoms with Gasteiger partial charge in [0.1, 0.15) is 0 Å². The van der Waals surface area contributed by atoms with Crippen LogP contribution < -0.4 is 0 Å². The molecule has 11 heteroatoms. The molecule has 0 fully saturated rings. The second kappa shape index (κ2) is 14.0. The monoisotopic (exact) mass is 732 g/mol. The molecular weight excluding hydrogens is 666 g/mol. The summed E-state index contributed by atoms with van der Waals surface area (Å²) in [5.41, 5.74) is 3.77. The maximum absolute atomic E-state index is 3.83. The van der Waals surface area contributed by atoms with Gasteiger partial charge in [0.2, 0.25) is 0 Å². The fourth-order valence-electron chi connectivity index (χ4n) is 6.44. The van der Waals surface area contributed by atoms with E-state index in [0.717, 1.165) is 0 Å². The summed E-state index contributed by atoms with van der Waals surface area (Å²) >= 11 is 2.44. The predicted octanol–water partition coefficient (Wildman–Crippen LogP) is 8.97. The maximum Gasteiger partial charge on any atom is 0.0379 e. The Labute approximate surface area is 256 Å². The minimum atomic E-state index is -1.47. The Balaban J connectivity index is 0. The molecule has 0 aliphatic rings. The van der Waals surface area contributed by atoms with Crippen molar-refractivity contribution in [3.63, 3.8) is 0 Å². The molecule has 6 radical (unpaired) electrons. The molecule has 0 aliphatic carbocycles. The van der Waals surface area contributed by atoms with Crippen LogP contribution in [0, 0.1) is 11.5 Å². The Bertz CT molecular complexity index is 814. The van der Waals surface area contributed by atoms with Crippen molar-refractivity contribution in [1.29, 1.82) is 0 Å². The van der Waals surface area contributed by atoms with Crippen LogP contribution in [-0.2, 0) is 0 Å². The summed E-state index contributed by atoms with van der Waals surface area (Å²) in [6.45, 7) is 58.4. The van der Waals surface area contributed by atoms with Gasteiger partial charge in [0.05, 0.1) is 0 Å². The molecule has 0 bridgehead atoms. The number of hydrogen-bond acceptors (Lipinski definition) is 0. The van der Waals surface area contributed by atoms with E-state index in [1.54, 1.807) is 0 Å². The van der Waals surface area contributed by atoms with Crippen molar-refractivity contribution in [3.05, 3.63) is 9.23 Å². The molecule has 0 aromatic heterocycles. The van der Waals surface area contributed by atoms with Crippen molar-refractivity contribution in [2.24, 2.45) is 0 Å². The largest absolute Gasteiger partial charge is 0.0715 e. The quantitative estimate of drug-likeness (QED) is 0.173. The fourth-order valence-corrected chi connectivity index (χ4v) is 229. The van der Waals surface area contributed by atoms with Gasteiger partial charge >= 0.3 is 230 Å². The van der Waals surface area contributed by atoms with Gasteiger partial charge < -0.3 is 0 Å². The fraction of sp³-hybridized carbons (Fsp3) is 0.846. The molecule has 0 saturated heterocycles. The Hall–Kier alpha value is 2.01. The molecule has 0 aromatic carbocycles. The summed E-state index contributed by atoms with van der Waals surface area (Å²) in [4.78, 5) is 2.00. The van der Waals surface area contributed by atoms with Gasteiger partial charge in [0, 0.05) is 8.80 Å². The van der Waals surface area contributed by atoms with Gasteiger partial charge in [0.25, 0.3) is 0 Å². The van der Waals surface area contributed by atoms with Gasteiger partial charge in [-0.15, -0.1) is 0 Å². The molecular formula is C26H66GeSi10. The zero-order valence-electron chi connectivity index (χ0n) is 29.5. The first-order valence-electron chi connectivity index (χ1n) is 14.2. The first kappa shape index (κ1) is 41.1. The molecule has 0 saturated carbocycles. The summed E-state index contributed by atoms with van der Waals surface area (Å²) in [5.74, 6) is 3.83. The topological polar surface area (TPSA) is 0 Å². The van der Waals surface area contributed by atoms with Crippen LogP contribution in [0.4, 0.5) is 0 Å². The summed E-state index contributed by atoms with van der Waals surface area (Å²) in [6, 6.07) is 0. The van der Waals surface area contributed by atoms with E-state index in [1.807, 2.05) is 4.82 Å². The van der Waals surface area contributed by atoms with E-state index in [-0.39, 0.29) is 16.1 Å². The van der Waals surface area contributed by atoms with Crippen LogP contribution in [0.1, 0.15) is 0 Å². The van der Waals surface area contributed by atoms with E-state index < -0.39 is 61.0 Å². The van der Waals surface area contributed by atoms with Gasteiger partial charge in [-0.3, -0.25) is 0 Å². The second-order valence-electron chi connectivity index (χ2n) is 17.8. The van der Waals surface area contributed by atoms with Crippen LogP contribution in [0.25, 0.3) is 0 Å². The van der Waals surface area contributed by atoms with Crippen LogP contribution in [0.15, 0.2) is 9.23 Å². The van der Waals surface area contributed by atoms with Gasteiger partial charge in [-0.2, -0.15) is 0 Å². The van der Waals surface area contributed by atoms with Gasteiger partial charge in [0.15, 0.2) is 0 Å². The smallest absolute Gasteiger partial charge is 0.0379 e. The molecule has 0 aliphatic heterocycles. The summed E-state index contributed by atoms with van der Waals surface area (Å²) < 4.78 is 1.54. The van der Waals surface area contributed by atoms with Crippen LogP contribution in [-0.4, -0.2) is 93.6 Å². The third-order valence-corrected chi connectivity index (χ3v) is 134. The average molecular weight is 732 g/mol. The molecule has 0 aromatic rings. The van der Waals surface area contributed by atoms with Crippen LogP contribution in [0.5, 0.6) is 0 Å². The summed E-state index contributed by atoms with van der Waals surface area (Å²) in [7, 11) is -10.0. The van der Waals surface area contributed by atoms with E-state index in [9.17, 15) is 0 Å². The third-order valence-electron chi connectivity index (χ3n) is 6.88. The standard InChI is InChI=1S/C23H57GeSi9.C3H9Si/c1-27(2,3)21-20-22(24)23(28(4,5)6)25(29(7,8)9)32(16,17)33(18,19)26(30(10,11)12)31(13,14)15;1-4(2)3/h1-19H3;1-3H3/b23-22+;. The van der Waals surface area contributed by atoms with Crippen molar-refractivity contribution in [3.8, 4) is 11.5 Å². The molecule has 0 rings (SSSR count).